The van der Waals surface area contributed by atoms with Crippen molar-refractivity contribution in [2.24, 2.45) is 0 Å². The Hall–Kier alpha value is -0.930. The van der Waals surface area contributed by atoms with Crippen molar-refractivity contribution < 1.29 is 4.79 Å². The molecule has 0 amide bonds. The minimum Gasteiger partial charge on any atom is -0.289 e. The number of benzene rings is 1. The monoisotopic (exact) mass is 234 g/mol. The first kappa shape index (κ1) is 10.6. The summed E-state index contributed by atoms with van der Waals surface area (Å²) in [4.78, 5) is 12.4. The van der Waals surface area contributed by atoms with Crippen LogP contribution in [-0.4, -0.2) is 12.0 Å². The number of allylic oxidation sites excluding steroid dienone is 2. The highest BCUT2D eigenvalue weighted by Gasteiger charge is 2.18. The van der Waals surface area contributed by atoms with Crippen LogP contribution in [-0.2, 0) is 4.79 Å². The summed E-state index contributed by atoms with van der Waals surface area (Å²) < 4.78 is 1.07. The van der Waals surface area contributed by atoms with E-state index >= 15 is 0 Å². The van der Waals surface area contributed by atoms with E-state index in [0.29, 0.717) is 0 Å². The van der Waals surface area contributed by atoms with Crippen molar-refractivity contribution in [1.82, 2.24) is 0 Å². The fraction of sp³-hybridized carbons (Fsp3) is 0.0833. The van der Waals surface area contributed by atoms with Gasteiger partial charge in [-0.2, -0.15) is 0 Å². The third-order valence-electron chi connectivity index (χ3n) is 2.00. The number of carbonyl (C=O) groups excluding carboxylic acids is 1. The lowest BCUT2D eigenvalue weighted by molar-refractivity contribution is -0.110. The maximum Gasteiger partial charge on any atom is 0.194 e. The predicted octanol–water partition coefficient (Wildman–Crippen LogP) is 3.55. The quantitative estimate of drug-likeness (QED) is 0.728. The molecule has 0 aromatic heterocycles. The Kier molecular flexibility index (Phi) is 3.34. The third kappa shape index (κ3) is 2.55. The van der Waals surface area contributed by atoms with Crippen LogP contribution in [0.4, 0.5) is 0 Å². The van der Waals surface area contributed by atoms with Crippen LogP contribution in [0, 0.1) is 0 Å². The Morgan fingerprint density at radius 3 is 2.60 bits per heavy atom. The molecule has 76 valence electrons. The van der Waals surface area contributed by atoms with E-state index in [1.807, 2.05) is 42.7 Å². The zero-order valence-corrected chi connectivity index (χ0v) is 9.90. The lowest BCUT2D eigenvalue weighted by Gasteiger charge is -1.96. The topological polar surface area (TPSA) is 17.1 Å². The molecular formula is C12H10OS2. The van der Waals surface area contributed by atoms with Crippen LogP contribution >= 0.6 is 23.5 Å². The maximum atomic E-state index is 11.6. The van der Waals surface area contributed by atoms with E-state index in [-0.39, 0.29) is 5.78 Å². The van der Waals surface area contributed by atoms with E-state index in [0.717, 1.165) is 14.7 Å². The Balaban J connectivity index is 2.21. The zero-order chi connectivity index (χ0) is 10.7. The van der Waals surface area contributed by atoms with E-state index in [4.69, 9.17) is 0 Å². The second-order valence-electron chi connectivity index (χ2n) is 3.05. The number of rotatable bonds is 2. The van der Waals surface area contributed by atoms with Gasteiger partial charge in [-0.1, -0.05) is 42.1 Å². The molecule has 0 fully saturated rings. The van der Waals surface area contributed by atoms with Crippen molar-refractivity contribution in [1.29, 1.82) is 0 Å². The summed E-state index contributed by atoms with van der Waals surface area (Å²) in [7, 11) is 0. The molecule has 0 bridgehead atoms. The van der Waals surface area contributed by atoms with Gasteiger partial charge in [0.15, 0.2) is 5.78 Å². The van der Waals surface area contributed by atoms with Gasteiger partial charge in [0.25, 0.3) is 0 Å². The van der Waals surface area contributed by atoms with E-state index in [9.17, 15) is 4.79 Å². The molecule has 15 heavy (non-hydrogen) atoms. The highest BCUT2D eigenvalue weighted by molar-refractivity contribution is 8.24. The van der Waals surface area contributed by atoms with Crippen LogP contribution in [0.5, 0.6) is 0 Å². The zero-order valence-electron chi connectivity index (χ0n) is 8.27. The summed E-state index contributed by atoms with van der Waals surface area (Å²) in [6.07, 6.45) is 5.62. The summed E-state index contributed by atoms with van der Waals surface area (Å²) in [5, 5.41) is 0. The SMILES string of the molecule is CSC1=CC(=O)/C(=C/c2ccccc2)S1. The van der Waals surface area contributed by atoms with Gasteiger partial charge in [-0.3, -0.25) is 4.79 Å². The van der Waals surface area contributed by atoms with Crippen LogP contribution < -0.4 is 0 Å². The van der Waals surface area contributed by atoms with Gasteiger partial charge in [-0.15, -0.1) is 11.8 Å². The van der Waals surface area contributed by atoms with Crippen molar-refractivity contribution in [3.05, 3.63) is 51.1 Å². The number of carbonyl (C=O) groups is 1. The second kappa shape index (κ2) is 4.73. The smallest absolute Gasteiger partial charge is 0.194 e. The van der Waals surface area contributed by atoms with E-state index in [1.165, 1.54) is 0 Å². The van der Waals surface area contributed by atoms with Crippen LogP contribution in [0.25, 0.3) is 6.08 Å². The van der Waals surface area contributed by atoms with Crippen molar-refractivity contribution in [3.63, 3.8) is 0 Å². The van der Waals surface area contributed by atoms with Crippen LogP contribution in [0.3, 0.4) is 0 Å². The minimum atomic E-state index is 0.119. The number of ketones is 1. The molecule has 0 atom stereocenters. The van der Waals surface area contributed by atoms with Crippen LogP contribution in [0.15, 0.2) is 45.6 Å². The molecule has 0 aliphatic carbocycles. The normalized spacial score (nSPS) is 18.3. The molecular weight excluding hydrogens is 224 g/mol. The summed E-state index contributed by atoms with van der Waals surface area (Å²) in [5.41, 5.74) is 1.07. The lowest BCUT2D eigenvalue weighted by atomic mass is 10.2. The largest absolute Gasteiger partial charge is 0.289 e. The molecule has 0 spiro atoms. The Bertz CT molecular complexity index is 432. The molecule has 1 nitrogen and oxygen atoms in total. The molecule has 0 N–H and O–H groups in total. The van der Waals surface area contributed by atoms with Gasteiger partial charge in [0, 0.05) is 10.3 Å². The minimum absolute atomic E-state index is 0.119. The van der Waals surface area contributed by atoms with Gasteiger partial charge in [0.05, 0.1) is 4.91 Å². The highest BCUT2D eigenvalue weighted by atomic mass is 32.2. The number of thioether (sulfide) groups is 2. The summed E-state index contributed by atoms with van der Waals surface area (Å²) >= 11 is 3.16. The first-order valence-corrected chi connectivity index (χ1v) is 6.58. The molecule has 0 radical (unpaired) electrons. The molecule has 1 aliphatic heterocycles. The molecule has 1 aromatic carbocycles. The van der Waals surface area contributed by atoms with Gasteiger partial charge < -0.3 is 0 Å². The highest BCUT2D eigenvalue weighted by Crippen LogP contribution is 2.39. The van der Waals surface area contributed by atoms with Crippen molar-refractivity contribution in [2.75, 3.05) is 6.26 Å². The first-order chi connectivity index (χ1) is 7.29. The van der Waals surface area contributed by atoms with Gasteiger partial charge in [-0.05, 0) is 17.9 Å². The molecule has 3 heteroatoms. The van der Waals surface area contributed by atoms with E-state index in [2.05, 4.69) is 0 Å². The molecule has 0 saturated carbocycles. The molecule has 0 saturated heterocycles. The van der Waals surface area contributed by atoms with Gasteiger partial charge in [0.1, 0.15) is 0 Å². The number of hydrogen-bond donors (Lipinski definition) is 0. The predicted molar refractivity (Wildman–Crippen MR) is 68.6 cm³/mol. The summed E-state index contributed by atoms with van der Waals surface area (Å²) in [5.74, 6) is 0.119. The molecule has 0 unspecified atom stereocenters. The van der Waals surface area contributed by atoms with E-state index in [1.54, 1.807) is 29.6 Å². The Labute approximate surface area is 97.6 Å². The maximum absolute atomic E-state index is 11.6. The van der Waals surface area contributed by atoms with E-state index < -0.39 is 0 Å². The molecule has 1 aromatic rings. The van der Waals surface area contributed by atoms with Gasteiger partial charge in [0.2, 0.25) is 0 Å². The average Bonchev–Trinajstić information content (AvgIpc) is 2.61. The summed E-state index contributed by atoms with van der Waals surface area (Å²) in [6.45, 7) is 0. The van der Waals surface area contributed by atoms with Crippen LogP contribution in [0.1, 0.15) is 5.56 Å². The Morgan fingerprint density at radius 1 is 1.27 bits per heavy atom. The standard InChI is InChI=1S/C12H10OS2/c1-14-12-8-10(13)11(15-12)7-9-5-3-2-4-6-9/h2-8H,1H3/b11-7-. The van der Waals surface area contributed by atoms with Crippen molar-refractivity contribution in [3.8, 4) is 0 Å². The Morgan fingerprint density at radius 2 is 2.00 bits per heavy atom. The summed E-state index contributed by atoms with van der Waals surface area (Å²) in [6, 6.07) is 9.91. The second-order valence-corrected chi connectivity index (χ2v) is 5.24. The number of hydrogen-bond acceptors (Lipinski definition) is 3. The van der Waals surface area contributed by atoms with Gasteiger partial charge in [-0.25, -0.2) is 0 Å². The van der Waals surface area contributed by atoms with Crippen molar-refractivity contribution in [2.45, 2.75) is 0 Å². The lowest BCUT2D eigenvalue weighted by Crippen LogP contribution is -1.87. The molecule has 1 aliphatic rings. The molecule has 1 heterocycles. The van der Waals surface area contributed by atoms with Crippen molar-refractivity contribution >= 4 is 35.4 Å². The fourth-order valence-electron chi connectivity index (χ4n) is 1.27. The third-order valence-corrected chi connectivity index (χ3v) is 4.13. The average molecular weight is 234 g/mol. The first-order valence-electron chi connectivity index (χ1n) is 4.54. The van der Waals surface area contributed by atoms with Crippen LogP contribution in [0.2, 0.25) is 0 Å². The molecule has 2 rings (SSSR count). The van der Waals surface area contributed by atoms with Gasteiger partial charge >= 0.3 is 0 Å². The fourth-order valence-corrected chi connectivity index (χ4v) is 2.83.